The molecule has 0 fully saturated rings. The van der Waals surface area contributed by atoms with Gasteiger partial charge in [-0.05, 0) is 61.2 Å². The van der Waals surface area contributed by atoms with Gasteiger partial charge in [-0.15, -0.1) is 11.3 Å². The van der Waals surface area contributed by atoms with E-state index in [-0.39, 0.29) is 5.97 Å². The number of hydrogen-bond acceptors (Lipinski definition) is 6. The molecule has 0 bridgehead atoms. The fraction of sp³-hybridized carbons (Fsp3) is 0.429. The Morgan fingerprint density at radius 1 is 1.10 bits per heavy atom. The lowest BCUT2D eigenvalue weighted by molar-refractivity contribution is 0.0601. The van der Waals surface area contributed by atoms with E-state index in [1.807, 2.05) is 18.2 Å². The molecule has 1 aliphatic carbocycles. The zero-order chi connectivity index (χ0) is 20.8. The normalized spacial score (nSPS) is 13.1. The molecule has 2 N–H and O–H groups in total. The quantitative estimate of drug-likeness (QED) is 0.399. The van der Waals surface area contributed by atoms with E-state index in [1.165, 1.54) is 18.4 Å². The molecule has 1 aromatic carbocycles. The number of esters is 1. The molecule has 0 unspecified atom stereocenters. The molecule has 8 heteroatoms. The van der Waals surface area contributed by atoms with Crippen molar-refractivity contribution < 1.29 is 19.0 Å². The molecule has 1 aliphatic rings. The van der Waals surface area contributed by atoms with Crippen LogP contribution in [0.15, 0.2) is 18.2 Å². The summed E-state index contributed by atoms with van der Waals surface area (Å²) in [6.45, 7) is 0.519. The number of thiophene rings is 1. The van der Waals surface area contributed by atoms with Gasteiger partial charge < -0.3 is 24.8 Å². The average molecular weight is 435 g/mol. The van der Waals surface area contributed by atoms with Crippen molar-refractivity contribution in [2.75, 3.05) is 26.6 Å². The SMILES string of the molecule is COC(=O)c1c(NC(=S)NCc2ccc(OC)c(OC)c2)sc2c1CCCCC2. The molecule has 1 aromatic heterocycles. The van der Waals surface area contributed by atoms with Gasteiger partial charge in [0.1, 0.15) is 5.00 Å². The summed E-state index contributed by atoms with van der Waals surface area (Å²) in [5.74, 6) is 1.04. The zero-order valence-corrected chi connectivity index (χ0v) is 18.6. The van der Waals surface area contributed by atoms with Gasteiger partial charge in [0.15, 0.2) is 16.6 Å². The third kappa shape index (κ3) is 5.00. The summed E-state index contributed by atoms with van der Waals surface area (Å²) in [6, 6.07) is 5.71. The van der Waals surface area contributed by atoms with Crippen molar-refractivity contribution >= 4 is 39.6 Å². The maximum atomic E-state index is 12.4. The lowest BCUT2D eigenvalue weighted by Crippen LogP contribution is -2.28. The minimum atomic E-state index is -0.311. The maximum absolute atomic E-state index is 12.4. The molecule has 0 spiro atoms. The minimum absolute atomic E-state index is 0.311. The number of hydrogen-bond donors (Lipinski definition) is 2. The first kappa shape index (κ1) is 21.4. The van der Waals surface area contributed by atoms with E-state index in [4.69, 9.17) is 26.4 Å². The lowest BCUT2D eigenvalue weighted by atomic mass is 10.1. The third-order valence-corrected chi connectivity index (χ3v) is 6.39. The smallest absolute Gasteiger partial charge is 0.341 e. The van der Waals surface area contributed by atoms with Crippen molar-refractivity contribution in [2.24, 2.45) is 0 Å². The second-order valence-electron chi connectivity index (χ2n) is 6.76. The van der Waals surface area contributed by atoms with Crippen LogP contribution in [0.3, 0.4) is 0 Å². The van der Waals surface area contributed by atoms with E-state index in [1.54, 1.807) is 25.6 Å². The Morgan fingerprint density at radius 3 is 2.59 bits per heavy atom. The van der Waals surface area contributed by atoms with Crippen LogP contribution < -0.4 is 20.1 Å². The van der Waals surface area contributed by atoms with Gasteiger partial charge in [0.05, 0.1) is 26.9 Å². The molecule has 0 radical (unpaired) electrons. The van der Waals surface area contributed by atoms with E-state index in [2.05, 4.69) is 10.6 Å². The molecule has 0 atom stereocenters. The summed E-state index contributed by atoms with van der Waals surface area (Å²) in [7, 11) is 4.63. The summed E-state index contributed by atoms with van der Waals surface area (Å²) in [4.78, 5) is 13.7. The Morgan fingerprint density at radius 2 is 1.86 bits per heavy atom. The first-order valence-electron chi connectivity index (χ1n) is 9.56. The molecule has 0 amide bonds. The Kier molecular flexibility index (Phi) is 7.33. The summed E-state index contributed by atoms with van der Waals surface area (Å²) < 4.78 is 15.6. The number of carbonyl (C=O) groups excluding carboxylic acids is 1. The Bertz CT molecular complexity index is 895. The van der Waals surface area contributed by atoms with Crippen LogP contribution in [-0.4, -0.2) is 32.4 Å². The van der Waals surface area contributed by atoms with Crippen LogP contribution in [0.1, 0.15) is 45.6 Å². The van der Waals surface area contributed by atoms with E-state index >= 15 is 0 Å². The van der Waals surface area contributed by atoms with E-state index < -0.39 is 0 Å². The lowest BCUT2D eigenvalue weighted by Gasteiger charge is -2.13. The minimum Gasteiger partial charge on any atom is -0.493 e. The zero-order valence-electron chi connectivity index (χ0n) is 16.9. The highest BCUT2D eigenvalue weighted by Gasteiger charge is 2.25. The average Bonchev–Trinajstić information content (AvgIpc) is 2.91. The number of rotatable bonds is 6. The first-order chi connectivity index (χ1) is 14.1. The number of methoxy groups -OCH3 is 3. The van der Waals surface area contributed by atoms with Crippen LogP contribution in [-0.2, 0) is 24.1 Å². The Hall–Kier alpha value is -2.32. The van der Waals surface area contributed by atoms with Crippen LogP contribution in [0, 0.1) is 0 Å². The van der Waals surface area contributed by atoms with Crippen LogP contribution >= 0.6 is 23.6 Å². The Labute approximate surface area is 180 Å². The fourth-order valence-electron chi connectivity index (χ4n) is 3.47. The number of benzene rings is 1. The Balaban J connectivity index is 1.71. The number of thiocarbonyl (C=S) groups is 1. The first-order valence-corrected chi connectivity index (χ1v) is 10.8. The van der Waals surface area contributed by atoms with Crippen molar-refractivity contribution in [3.05, 3.63) is 39.8 Å². The molecule has 156 valence electrons. The van der Waals surface area contributed by atoms with Gasteiger partial charge in [0.2, 0.25) is 0 Å². The van der Waals surface area contributed by atoms with Gasteiger partial charge in [-0.25, -0.2) is 4.79 Å². The van der Waals surface area contributed by atoms with Crippen molar-refractivity contribution in [2.45, 2.75) is 38.6 Å². The summed E-state index contributed by atoms with van der Waals surface area (Å²) in [6.07, 6.45) is 5.34. The number of nitrogens with one attached hydrogen (secondary N) is 2. The van der Waals surface area contributed by atoms with Crippen LogP contribution in [0.2, 0.25) is 0 Å². The van der Waals surface area contributed by atoms with Gasteiger partial charge in [-0.2, -0.15) is 0 Å². The highest BCUT2D eigenvalue weighted by molar-refractivity contribution is 7.80. The molecule has 29 heavy (non-hydrogen) atoms. The van der Waals surface area contributed by atoms with Crippen LogP contribution in [0.25, 0.3) is 0 Å². The predicted octanol–water partition coefficient (Wildman–Crippen LogP) is 4.31. The maximum Gasteiger partial charge on any atom is 0.341 e. The van der Waals surface area contributed by atoms with Crippen LogP contribution in [0.4, 0.5) is 5.00 Å². The monoisotopic (exact) mass is 434 g/mol. The molecular weight excluding hydrogens is 408 g/mol. The fourth-order valence-corrected chi connectivity index (χ4v) is 4.99. The molecule has 0 saturated heterocycles. The summed E-state index contributed by atoms with van der Waals surface area (Å²) >= 11 is 7.08. The van der Waals surface area contributed by atoms with Gasteiger partial charge in [-0.3, -0.25) is 0 Å². The highest BCUT2D eigenvalue weighted by Crippen LogP contribution is 2.38. The summed E-state index contributed by atoms with van der Waals surface area (Å²) in [5.41, 5.74) is 2.75. The topological polar surface area (TPSA) is 68.8 Å². The van der Waals surface area contributed by atoms with Crippen molar-refractivity contribution in [1.29, 1.82) is 0 Å². The second kappa shape index (κ2) is 9.93. The molecule has 3 rings (SSSR count). The highest BCUT2D eigenvalue weighted by atomic mass is 32.1. The molecule has 0 aliphatic heterocycles. The van der Waals surface area contributed by atoms with Gasteiger partial charge in [0.25, 0.3) is 0 Å². The third-order valence-electron chi connectivity index (χ3n) is 4.94. The van der Waals surface area contributed by atoms with Crippen LogP contribution in [0.5, 0.6) is 11.5 Å². The van der Waals surface area contributed by atoms with Crippen molar-refractivity contribution in [3.8, 4) is 11.5 Å². The van der Waals surface area contributed by atoms with Gasteiger partial charge in [-0.1, -0.05) is 12.5 Å². The number of carbonyl (C=O) groups is 1. The van der Waals surface area contributed by atoms with Gasteiger partial charge >= 0.3 is 5.97 Å². The van der Waals surface area contributed by atoms with Gasteiger partial charge in [0, 0.05) is 11.4 Å². The van der Waals surface area contributed by atoms with E-state index in [0.29, 0.717) is 28.7 Å². The van der Waals surface area contributed by atoms with Crippen molar-refractivity contribution in [3.63, 3.8) is 0 Å². The number of ether oxygens (including phenoxy) is 3. The summed E-state index contributed by atoms with van der Waals surface area (Å²) in [5, 5.41) is 7.62. The largest absolute Gasteiger partial charge is 0.493 e. The standard InChI is InChI=1S/C21H26N2O4S2/c1-25-15-10-9-13(11-16(15)26-2)12-22-21(28)23-19-18(20(24)27-3)14-7-5-4-6-8-17(14)29-19/h9-11H,4-8,12H2,1-3H3,(H2,22,23,28). The molecule has 2 aromatic rings. The molecule has 0 saturated carbocycles. The molecule has 6 nitrogen and oxygen atoms in total. The number of anilines is 1. The number of fused-ring (bicyclic) bond motifs is 1. The molecular formula is C21H26N2O4S2. The van der Waals surface area contributed by atoms with E-state index in [9.17, 15) is 4.79 Å². The number of aryl methyl sites for hydroxylation is 1. The molecule has 1 heterocycles. The van der Waals surface area contributed by atoms with Crippen molar-refractivity contribution in [1.82, 2.24) is 5.32 Å². The predicted molar refractivity (Wildman–Crippen MR) is 120 cm³/mol. The second-order valence-corrected chi connectivity index (χ2v) is 8.27. The van der Waals surface area contributed by atoms with E-state index in [0.717, 1.165) is 41.8 Å².